The first-order chi connectivity index (χ1) is 8.14. The van der Waals surface area contributed by atoms with Gasteiger partial charge in [0.1, 0.15) is 0 Å². The van der Waals surface area contributed by atoms with Crippen molar-refractivity contribution in [2.24, 2.45) is 16.7 Å². The number of carbonyl (C=O) groups excluding carboxylic acids is 1. The molecule has 2 N–H and O–H groups in total. The summed E-state index contributed by atoms with van der Waals surface area (Å²) >= 11 is 0. The van der Waals surface area contributed by atoms with E-state index in [-0.39, 0.29) is 17.2 Å². The third-order valence-corrected chi connectivity index (χ3v) is 4.96. The molecule has 1 atom stereocenters. The molecule has 0 aromatic carbocycles. The van der Waals surface area contributed by atoms with Gasteiger partial charge in [-0.3, -0.25) is 4.79 Å². The van der Waals surface area contributed by atoms with Crippen LogP contribution in [0.5, 0.6) is 0 Å². The van der Waals surface area contributed by atoms with Crippen molar-refractivity contribution in [2.45, 2.75) is 65.4 Å². The van der Waals surface area contributed by atoms with Crippen molar-refractivity contribution in [3.63, 3.8) is 0 Å². The highest BCUT2D eigenvalue weighted by molar-refractivity contribution is 5.82. The highest BCUT2D eigenvalue weighted by Crippen LogP contribution is 2.51. The molecule has 2 rings (SSSR count). The fourth-order valence-electron chi connectivity index (χ4n) is 2.86. The number of aliphatic hydroxyl groups is 1. The van der Waals surface area contributed by atoms with Gasteiger partial charge in [0.05, 0.1) is 5.60 Å². The quantitative estimate of drug-likeness (QED) is 0.812. The molecule has 0 aromatic rings. The van der Waals surface area contributed by atoms with Crippen LogP contribution < -0.4 is 5.32 Å². The summed E-state index contributed by atoms with van der Waals surface area (Å²) in [6.45, 7) is 9.16. The van der Waals surface area contributed by atoms with Crippen molar-refractivity contribution in [1.29, 1.82) is 0 Å². The lowest BCUT2D eigenvalue weighted by Crippen LogP contribution is -2.47. The van der Waals surface area contributed by atoms with Crippen LogP contribution in [0.4, 0.5) is 0 Å². The van der Waals surface area contributed by atoms with E-state index in [9.17, 15) is 9.90 Å². The first kappa shape index (κ1) is 13.9. The largest absolute Gasteiger partial charge is 0.388 e. The second-order valence-electron chi connectivity index (χ2n) is 7.85. The Morgan fingerprint density at radius 2 is 1.67 bits per heavy atom. The van der Waals surface area contributed by atoms with Crippen molar-refractivity contribution in [3.8, 4) is 0 Å². The lowest BCUT2D eigenvalue weighted by Gasteiger charge is -2.40. The van der Waals surface area contributed by atoms with E-state index in [1.54, 1.807) is 0 Å². The molecule has 0 aliphatic heterocycles. The zero-order valence-electron chi connectivity index (χ0n) is 12.2. The Morgan fingerprint density at radius 1 is 1.17 bits per heavy atom. The lowest BCUT2D eigenvalue weighted by molar-refractivity contribution is -0.125. The predicted molar refractivity (Wildman–Crippen MR) is 72.1 cm³/mol. The zero-order chi connectivity index (χ0) is 13.6. The van der Waals surface area contributed by atoms with Gasteiger partial charge in [0.2, 0.25) is 5.91 Å². The number of rotatable bonds is 3. The molecule has 2 aliphatic carbocycles. The molecule has 3 heteroatoms. The topological polar surface area (TPSA) is 49.3 Å². The molecule has 2 saturated carbocycles. The molecule has 1 unspecified atom stereocenters. The Bertz CT molecular complexity index is 336. The van der Waals surface area contributed by atoms with Gasteiger partial charge in [-0.25, -0.2) is 0 Å². The third kappa shape index (κ3) is 3.05. The van der Waals surface area contributed by atoms with Crippen molar-refractivity contribution >= 4 is 5.91 Å². The van der Waals surface area contributed by atoms with Crippen molar-refractivity contribution in [3.05, 3.63) is 0 Å². The molecule has 0 aromatic heterocycles. The maximum atomic E-state index is 11.9. The lowest BCUT2D eigenvalue weighted by atomic mass is 9.71. The predicted octanol–water partition coefficient (Wildman–Crippen LogP) is 2.48. The zero-order valence-corrected chi connectivity index (χ0v) is 12.2. The first-order valence-corrected chi connectivity index (χ1v) is 7.14. The molecule has 18 heavy (non-hydrogen) atoms. The van der Waals surface area contributed by atoms with Gasteiger partial charge in [0.25, 0.3) is 0 Å². The van der Waals surface area contributed by atoms with Crippen LogP contribution in [0.25, 0.3) is 0 Å². The maximum absolute atomic E-state index is 11.9. The summed E-state index contributed by atoms with van der Waals surface area (Å²) in [6.07, 6.45) is 4.65. The van der Waals surface area contributed by atoms with Gasteiger partial charge >= 0.3 is 0 Å². The van der Waals surface area contributed by atoms with Crippen LogP contribution in [0.3, 0.4) is 0 Å². The van der Waals surface area contributed by atoms with E-state index in [2.05, 4.69) is 33.0 Å². The third-order valence-electron chi connectivity index (χ3n) is 4.96. The molecule has 0 spiro atoms. The molecule has 104 valence electrons. The molecule has 2 aliphatic rings. The SMILES string of the molecule is CC1(C)CCC(O)(CNC(=O)C2CC2(C)C)CC1. The van der Waals surface area contributed by atoms with E-state index in [0.717, 1.165) is 32.1 Å². The van der Waals surface area contributed by atoms with Crippen LogP contribution in [-0.4, -0.2) is 23.2 Å². The number of carbonyl (C=O) groups is 1. The van der Waals surface area contributed by atoms with Crippen LogP contribution in [0.1, 0.15) is 59.8 Å². The molecular weight excluding hydrogens is 226 g/mol. The van der Waals surface area contributed by atoms with Crippen LogP contribution in [-0.2, 0) is 4.79 Å². The number of hydrogen-bond acceptors (Lipinski definition) is 2. The molecule has 3 nitrogen and oxygen atoms in total. The normalized spacial score (nSPS) is 31.7. The minimum atomic E-state index is -0.676. The van der Waals surface area contributed by atoms with Gasteiger partial charge in [-0.2, -0.15) is 0 Å². The second kappa shape index (κ2) is 4.22. The van der Waals surface area contributed by atoms with Gasteiger partial charge in [0.15, 0.2) is 0 Å². The van der Waals surface area contributed by atoms with E-state index in [4.69, 9.17) is 0 Å². The average Bonchev–Trinajstić information content (AvgIpc) is 2.90. The molecule has 2 fully saturated rings. The summed E-state index contributed by atoms with van der Waals surface area (Å²) in [5.74, 6) is 0.277. The summed E-state index contributed by atoms with van der Waals surface area (Å²) in [5, 5.41) is 13.4. The molecule has 0 saturated heterocycles. The Labute approximate surface area is 110 Å². The Kier molecular flexibility index (Phi) is 3.25. The molecule has 0 radical (unpaired) electrons. The first-order valence-electron chi connectivity index (χ1n) is 7.14. The summed E-state index contributed by atoms with van der Waals surface area (Å²) < 4.78 is 0. The fraction of sp³-hybridized carbons (Fsp3) is 0.933. The Balaban J connectivity index is 1.78. The molecule has 1 amide bonds. The minimum Gasteiger partial charge on any atom is -0.388 e. The van der Waals surface area contributed by atoms with Gasteiger partial charge < -0.3 is 10.4 Å². The van der Waals surface area contributed by atoms with Crippen molar-refractivity contribution < 1.29 is 9.90 Å². The number of nitrogens with one attached hydrogen (secondary N) is 1. The highest BCUT2D eigenvalue weighted by Gasteiger charge is 2.50. The molecular formula is C15H27NO2. The minimum absolute atomic E-state index is 0.123. The maximum Gasteiger partial charge on any atom is 0.223 e. The molecule has 0 bridgehead atoms. The standard InChI is InChI=1S/C15H27NO2/c1-13(2)5-7-15(18,8-6-13)10-16-12(17)11-9-14(11,3)4/h11,18H,5-10H2,1-4H3,(H,16,17). The van der Waals surface area contributed by atoms with E-state index in [0.29, 0.717) is 12.0 Å². The second-order valence-corrected chi connectivity index (χ2v) is 7.85. The van der Waals surface area contributed by atoms with E-state index in [1.165, 1.54) is 0 Å². The summed E-state index contributed by atoms with van der Waals surface area (Å²) in [6, 6.07) is 0. The van der Waals surface area contributed by atoms with Crippen LogP contribution in [0, 0.1) is 16.7 Å². The van der Waals surface area contributed by atoms with Gasteiger partial charge in [0, 0.05) is 12.5 Å². The van der Waals surface area contributed by atoms with Crippen LogP contribution in [0.2, 0.25) is 0 Å². The van der Waals surface area contributed by atoms with Crippen molar-refractivity contribution in [2.75, 3.05) is 6.54 Å². The highest BCUT2D eigenvalue weighted by atomic mass is 16.3. The van der Waals surface area contributed by atoms with Gasteiger partial charge in [-0.05, 0) is 42.9 Å². The average molecular weight is 253 g/mol. The van der Waals surface area contributed by atoms with Gasteiger partial charge in [-0.1, -0.05) is 27.7 Å². The number of hydrogen-bond donors (Lipinski definition) is 2. The van der Waals surface area contributed by atoms with Gasteiger partial charge in [-0.15, -0.1) is 0 Å². The molecule has 0 heterocycles. The smallest absolute Gasteiger partial charge is 0.223 e. The van der Waals surface area contributed by atoms with E-state index < -0.39 is 5.60 Å². The Hall–Kier alpha value is -0.570. The fourth-order valence-corrected chi connectivity index (χ4v) is 2.86. The Morgan fingerprint density at radius 3 is 2.11 bits per heavy atom. The van der Waals surface area contributed by atoms with Crippen LogP contribution in [0.15, 0.2) is 0 Å². The van der Waals surface area contributed by atoms with E-state index >= 15 is 0 Å². The van der Waals surface area contributed by atoms with Crippen molar-refractivity contribution in [1.82, 2.24) is 5.32 Å². The van der Waals surface area contributed by atoms with Crippen LogP contribution >= 0.6 is 0 Å². The summed E-state index contributed by atoms with van der Waals surface area (Å²) in [7, 11) is 0. The van der Waals surface area contributed by atoms with E-state index in [1.807, 2.05) is 0 Å². The summed E-state index contributed by atoms with van der Waals surface area (Å²) in [4.78, 5) is 11.9. The monoisotopic (exact) mass is 253 g/mol. The number of amides is 1. The summed E-state index contributed by atoms with van der Waals surface area (Å²) in [5.41, 5.74) is -0.166.